The normalized spacial score (nSPS) is 11.1. The maximum absolute atomic E-state index is 12.1. The van der Waals surface area contributed by atoms with Crippen LogP contribution in [0.3, 0.4) is 0 Å². The van der Waals surface area contributed by atoms with Gasteiger partial charge in [-0.25, -0.2) is 9.55 Å². The molecule has 0 spiro atoms. The second kappa shape index (κ2) is 6.69. The first kappa shape index (κ1) is 16.0. The highest BCUT2D eigenvalue weighted by molar-refractivity contribution is 6.35. The zero-order valence-electron chi connectivity index (χ0n) is 12.7. The first-order chi connectivity index (χ1) is 11.1. The second-order valence-electron chi connectivity index (χ2n) is 5.37. The number of para-hydroxylation sites is 2. The van der Waals surface area contributed by atoms with E-state index in [0.717, 1.165) is 29.9 Å². The molecule has 0 fully saturated rings. The molecule has 0 unspecified atom stereocenters. The molecule has 120 valence electrons. The average molecular weight is 350 g/mol. The van der Waals surface area contributed by atoms with Crippen LogP contribution in [0.4, 0.5) is 5.95 Å². The summed E-state index contributed by atoms with van der Waals surface area (Å²) >= 11 is 11.9. The van der Waals surface area contributed by atoms with Gasteiger partial charge in [0.2, 0.25) is 0 Å². The van der Waals surface area contributed by atoms with Crippen molar-refractivity contribution >= 4 is 40.2 Å². The van der Waals surface area contributed by atoms with E-state index >= 15 is 0 Å². The standard InChI is InChI=1S/C17H17Cl2N3O/c1-2-7-22-15-6-4-3-5-14(15)21-17(22)20-10-11-8-12(18)9-13(19)16(11)23/h3-6,8-9H,2,7,10H2,1H3,(H2,20,21,23). The minimum atomic E-state index is -0.193. The van der Waals surface area contributed by atoms with Gasteiger partial charge in [0.05, 0.1) is 13.1 Å². The van der Waals surface area contributed by atoms with Crippen molar-refractivity contribution in [2.24, 2.45) is 0 Å². The van der Waals surface area contributed by atoms with Crippen LogP contribution in [0.1, 0.15) is 18.9 Å². The number of H-pyrrole nitrogens is 1. The Kier molecular flexibility index (Phi) is 4.64. The second-order valence-corrected chi connectivity index (χ2v) is 6.22. The van der Waals surface area contributed by atoms with Crippen LogP contribution in [0.2, 0.25) is 10.0 Å². The summed E-state index contributed by atoms with van der Waals surface area (Å²) in [5.74, 6) is 0.672. The number of imidazole rings is 1. The fourth-order valence-electron chi connectivity index (χ4n) is 2.65. The summed E-state index contributed by atoms with van der Waals surface area (Å²) in [6.07, 6.45) is 1.01. The molecule has 1 aromatic heterocycles. The first-order valence-corrected chi connectivity index (χ1v) is 8.25. The van der Waals surface area contributed by atoms with Gasteiger partial charge in [0.1, 0.15) is 11.0 Å². The van der Waals surface area contributed by atoms with E-state index in [1.54, 1.807) is 6.07 Å². The maximum atomic E-state index is 12.1. The van der Waals surface area contributed by atoms with Gasteiger partial charge < -0.3 is 5.11 Å². The van der Waals surface area contributed by atoms with Crippen molar-refractivity contribution in [3.05, 3.63) is 52.0 Å². The zero-order chi connectivity index (χ0) is 16.4. The fourth-order valence-corrected chi connectivity index (χ4v) is 3.19. The van der Waals surface area contributed by atoms with Crippen molar-refractivity contribution in [1.82, 2.24) is 4.98 Å². The minimum absolute atomic E-state index is 0.146. The molecule has 0 saturated carbocycles. The summed E-state index contributed by atoms with van der Waals surface area (Å²) < 4.78 is 2.17. The molecule has 4 nitrogen and oxygen atoms in total. The highest BCUT2D eigenvalue weighted by atomic mass is 35.5. The van der Waals surface area contributed by atoms with Gasteiger partial charge in [-0.2, -0.15) is 0 Å². The Bertz CT molecular complexity index is 845. The number of nitrogens with one attached hydrogen (secondary N) is 2. The molecule has 3 rings (SSSR count). The Morgan fingerprint density at radius 3 is 2.78 bits per heavy atom. The number of hydrogen-bond acceptors (Lipinski definition) is 2. The van der Waals surface area contributed by atoms with Gasteiger partial charge in [0.25, 0.3) is 0 Å². The van der Waals surface area contributed by atoms with E-state index in [9.17, 15) is 5.11 Å². The number of anilines is 1. The van der Waals surface area contributed by atoms with Crippen LogP contribution < -0.4 is 15.0 Å². The molecule has 0 amide bonds. The van der Waals surface area contributed by atoms with Gasteiger partial charge >= 0.3 is 5.95 Å². The summed E-state index contributed by atoms with van der Waals surface area (Å²) in [6.45, 7) is 3.37. The molecule has 0 saturated heterocycles. The number of aromatic nitrogens is 2. The molecule has 0 bridgehead atoms. The zero-order valence-corrected chi connectivity index (χ0v) is 14.2. The molecule has 2 N–H and O–H groups in total. The van der Waals surface area contributed by atoms with Crippen molar-refractivity contribution in [1.29, 1.82) is 0 Å². The molecule has 0 aliphatic rings. The number of aryl methyl sites for hydroxylation is 1. The van der Waals surface area contributed by atoms with Crippen LogP contribution in [0, 0.1) is 0 Å². The van der Waals surface area contributed by atoms with Crippen LogP contribution in [-0.4, -0.2) is 4.98 Å². The summed E-state index contributed by atoms with van der Waals surface area (Å²) in [6, 6.07) is 11.2. The molecular weight excluding hydrogens is 333 g/mol. The van der Waals surface area contributed by atoms with Crippen molar-refractivity contribution < 1.29 is 9.67 Å². The van der Waals surface area contributed by atoms with Crippen molar-refractivity contribution in [3.63, 3.8) is 0 Å². The van der Waals surface area contributed by atoms with Crippen LogP contribution in [0.5, 0.6) is 5.75 Å². The monoisotopic (exact) mass is 349 g/mol. The lowest BCUT2D eigenvalue weighted by molar-refractivity contribution is -0.657. The molecule has 0 atom stereocenters. The quantitative estimate of drug-likeness (QED) is 0.687. The van der Waals surface area contributed by atoms with Gasteiger partial charge in [-0.15, -0.1) is 0 Å². The Hall–Kier alpha value is -1.91. The predicted octanol–water partition coefficient (Wildman–Crippen LogP) is 3.86. The minimum Gasteiger partial charge on any atom is -0.871 e. The number of rotatable bonds is 5. The lowest BCUT2D eigenvalue weighted by Gasteiger charge is -2.15. The SMILES string of the molecule is CCC[n+]1c(NCc2cc(Cl)cc(Cl)c2[O-])[nH]c2ccccc21. The number of halogens is 2. The number of nitrogens with zero attached hydrogens (tertiary/aromatic N) is 1. The van der Waals surface area contributed by atoms with Crippen LogP contribution >= 0.6 is 23.2 Å². The van der Waals surface area contributed by atoms with E-state index in [4.69, 9.17) is 23.2 Å². The fraction of sp³-hybridized carbons (Fsp3) is 0.235. The number of aromatic amines is 1. The lowest BCUT2D eigenvalue weighted by atomic mass is 10.2. The summed E-state index contributed by atoms with van der Waals surface area (Å²) in [7, 11) is 0. The lowest BCUT2D eigenvalue weighted by Crippen LogP contribution is -2.35. The van der Waals surface area contributed by atoms with E-state index < -0.39 is 0 Å². The molecule has 23 heavy (non-hydrogen) atoms. The van der Waals surface area contributed by atoms with E-state index in [2.05, 4.69) is 27.9 Å². The summed E-state index contributed by atoms with van der Waals surface area (Å²) in [4.78, 5) is 3.35. The number of benzene rings is 2. The molecule has 0 radical (unpaired) electrons. The van der Waals surface area contributed by atoms with Crippen LogP contribution in [-0.2, 0) is 13.1 Å². The average Bonchev–Trinajstić information content (AvgIpc) is 2.88. The van der Waals surface area contributed by atoms with E-state index in [1.165, 1.54) is 6.07 Å². The Labute approximate surface area is 144 Å². The third-order valence-electron chi connectivity index (χ3n) is 3.70. The van der Waals surface area contributed by atoms with Crippen LogP contribution in [0.25, 0.3) is 11.0 Å². The molecule has 1 heterocycles. The largest absolute Gasteiger partial charge is 0.871 e. The Morgan fingerprint density at radius 2 is 2.00 bits per heavy atom. The third-order valence-corrected chi connectivity index (χ3v) is 4.20. The number of fused-ring (bicyclic) bond motifs is 1. The van der Waals surface area contributed by atoms with Crippen LogP contribution in [0.15, 0.2) is 36.4 Å². The predicted molar refractivity (Wildman–Crippen MR) is 92.0 cm³/mol. The molecule has 2 aromatic carbocycles. The van der Waals surface area contributed by atoms with Gasteiger partial charge in [0, 0.05) is 10.0 Å². The third kappa shape index (κ3) is 3.23. The smallest absolute Gasteiger partial charge is 0.356 e. The highest BCUT2D eigenvalue weighted by Crippen LogP contribution is 2.29. The molecular formula is C17H17Cl2N3O. The van der Waals surface area contributed by atoms with E-state index in [1.807, 2.05) is 18.2 Å². The van der Waals surface area contributed by atoms with Crippen molar-refractivity contribution in [3.8, 4) is 5.75 Å². The van der Waals surface area contributed by atoms with E-state index in [-0.39, 0.29) is 10.8 Å². The van der Waals surface area contributed by atoms with Gasteiger partial charge in [-0.05, 0) is 36.2 Å². The van der Waals surface area contributed by atoms with Gasteiger partial charge in [-0.3, -0.25) is 5.32 Å². The molecule has 0 aliphatic heterocycles. The Morgan fingerprint density at radius 1 is 1.22 bits per heavy atom. The number of hydrogen-bond donors (Lipinski definition) is 2. The maximum Gasteiger partial charge on any atom is 0.356 e. The van der Waals surface area contributed by atoms with Crippen molar-refractivity contribution in [2.45, 2.75) is 26.4 Å². The summed E-state index contributed by atoms with van der Waals surface area (Å²) in [5, 5.41) is 16.0. The topological polar surface area (TPSA) is 54.8 Å². The molecule has 3 aromatic rings. The first-order valence-electron chi connectivity index (χ1n) is 7.49. The van der Waals surface area contributed by atoms with Crippen molar-refractivity contribution in [2.75, 3.05) is 5.32 Å². The molecule has 6 heteroatoms. The van der Waals surface area contributed by atoms with E-state index in [0.29, 0.717) is 17.1 Å². The van der Waals surface area contributed by atoms with Gasteiger partial charge in [-0.1, -0.05) is 48.0 Å². The summed E-state index contributed by atoms with van der Waals surface area (Å²) in [5.41, 5.74) is 2.72. The van der Waals surface area contributed by atoms with Gasteiger partial charge in [0.15, 0.2) is 0 Å². The molecule has 0 aliphatic carbocycles. The Balaban J connectivity index is 1.91. The highest BCUT2D eigenvalue weighted by Gasteiger charge is 2.16.